The van der Waals surface area contributed by atoms with Gasteiger partial charge in [0, 0.05) is 0 Å². The molecular weight excluding hydrogens is 681 g/mol. The van der Waals surface area contributed by atoms with Crippen LogP contribution in [-0.4, -0.2) is 63.7 Å². The van der Waals surface area contributed by atoms with E-state index in [1.54, 1.807) is 12.1 Å². The molecule has 0 heterocycles. The molecular formula is C40H54CaO6S2. The third-order valence-electron chi connectivity index (χ3n) is 9.09. The SMILES string of the molecule is CCCCCc1cccc2ccc(S(=O)(=O)[O-])c(CCCCC)c12.CCCCCc1cccc2ccc(S(=O)(=O)[O-])c(CCCCC)c12.[Ca+2]. The molecule has 0 aliphatic carbocycles. The molecule has 0 saturated carbocycles. The fourth-order valence-electron chi connectivity index (χ4n) is 6.65. The molecule has 0 unspecified atom stereocenters. The number of fused-ring (bicyclic) bond motifs is 2. The summed E-state index contributed by atoms with van der Waals surface area (Å²) in [7, 11) is -8.91. The van der Waals surface area contributed by atoms with Gasteiger partial charge in [0.05, 0.1) is 9.79 Å². The summed E-state index contributed by atoms with van der Waals surface area (Å²) in [5.41, 5.74) is 3.78. The van der Waals surface area contributed by atoms with Gasteiger partial charge < -0.3 is 9.11 Å². The van der Waals surface area contributed by atoms with Gasteiger partial charge in [0.2, 0.25) is 0 Å². The average molecular weight is 735 g/mol. The summed E-state index contributed by atoms with van der Waals surface area (Å²) >= 11 is 0. The van der Waals surface area contributed by atoms with Gasteiger partial charge in [0.1, 0.15) is 20.2 Å². The molecule has 9 heteroatoms. The van der Waals surface area contributed by atoms with Crippen LogP contribution in [0.1, 0.15) is 127 Å². The first-order valence-corrected chi connectivity index (χ1v) is 20.8. The predicted molar refractivity (Wildman–Crippen MR) is 202 cm³/mol. The second-order valence-corrected chi connectivity index (χ2v) is 15.5. The molecule has 0 N–H and O–H groups in total. The van der Waals surface area contributed by atoms with Gasteiger partial charge in [-0.3, -0.25) is 0 Å². The number of benzene rings is 4. The van der Waals surface area contributed by atoms with E-state index in [1.807, 2.05) is 24.3 Å². The van der Waals surface area contributed by atoms with Gasteiger partial charge in [-0.25, -0.2) is 16.8 Å². The molecule has 0 fully saturated rings. The first-order chi connectivity index (χ1) is 23.0. The third-order valence-corrected chi connectivity index (χ3v) is 10.9. The fraction of sp³-hybridized carbons (Fsp3) is 0.500. The van der Waals surface area contributed by atoms with Gasteiger partial charge >= 0.3 is 37.7 Å². The maximum Gasteiger partial charge on any atom is 2.00 e. The maximum atomic E-state index is 11.7. The zero-order chi connectivity index (χ0) is 35.2. The molecule has 6 nitrogen and oxygen atoms in total. The van der Waals surface area contributed by atoms with Crippen LogP contribution in [0.3, 0.4) is 0 Å². The van der Waals surface area contributed by atoms with Crippen LogP contribution in [0.5, 0.6) is 0 Å². The third kappa shape index (κ3) is 12.9. The molecule has 0 atom stereocenters. The minimum atomic E-state index is -4.45. The Morgan fingerprint density at radius 1 is 0.449 bits per heavy atom. The Bertz CT molecular complexity index is 1700. The van der Waals surface area contributed by atoms with E-state index < -0.39 is 20.2 Å². The summed E-state index contributed by atoms with van der Waals surface area (Å²) in [6.07, 6.45) is 15.9. The predicted octanol–water partition coefficient (Wildman–Crippen LogP) is 10.0. The molecule has 4 rings (SSSR count). The molecule has 0 spiro atoms. The molecule has 0 saturated heterocycles. The Labute approximate surface area is 326 Å². The van der Waals surface area contributed by atoms with E-state index in [2.05, 4.69) is 39.8 Å². The molecule has 4 aromatic carbocycles. The summed E-state index contributed by atoms with van der Waals surface area (Å²) in [5, 5.41) is 4.04. The monoisotopic (exact) mass is 734 g/mol. The van der Waals surface area contributed by atoms with Crippen molar-refractivity contribution in [2.45, 2.75) is 140 Å². The van der Waals surface area contributed by atoms with Crippen molar-refractivity contribution >= 4 is 79.5 Å². The Hall–Kier alpha value is -1.52. The van der Waals surface area contributed by atoms with Crippen molar-refractivity contribution in [1.29, 1.82) is 0 Å². The van der Waals surface area contributed by atoms with Crippen molar-refractivity contribution in [3.8, 4) is 0 Å². The summed E-state index contributed by atoms with van der Waals surface area (Å²) in [5.74, 6) is 0. The second-order valence-electron chi connectivity index (χ2n) is 12.9. The van der Waals surface area contributed by atoms with Crippen LogP contribution in [0.2, 0.25) is 0 Å². The van der Waals surface area contributed by atoms with Gasteiger partial charge in [0.25, 0.3) is 0 Å². The van der Waals surface area contributed by atoms with E-state index in [1.165, 1.54) is 12.1 Å². The number of unbranched alkanes of at least 4 members (excludes halogenated alkanes) is 8. The molecule has 264 valence electrons. The van der Waals surface area contributed by atoms with Gasteiger partial charge in [-0.15, -0.1) is 0 Å². The standard InChI is InChI=1S/2C20H28O3S.Ca/c2*1-3-5-7-10-16-11-9-12-17-14-15-19(24(21,22)23)18(20(16)17)13-8-6-4-2;/h2*9,11-12,14-15H,3-8,10,13H2,1-2H3,(H,21,22,23);/q;;+2/p-2. The molecule has 49 heavy (non-hydrogen) atoms. The Kier molecular flexibility index (Phi) is 19.4. The van der Waals surface area contributed by atoms with Gasteiger partial charge in [0.15, 0.2) is 0 Å². The largest absolute Gasteiger partial charge is 2.00 e. The van der Waals surface area contributed by atoms with Gasteiger partial charge in [-0.05, 0) is 107 Å². The van der Waals surface area contributed by atoms with Crippen LogP contribution in [0.15, 0.2) is 70.5 Å². The topological polar surface area (TPSA) is 114 Å². The van der Waals surface area contributed by atoms with Gasteiger partial charge in [-0.2, -0.15) is 0 Å². The minimum absolute atomic E-state index is 0. The van der Waals surface area contributed by atoms with Crippen molar-refractivity contribution < 1.29 is 25.9 Å². The van der Waals surface area contributed by atoms with E-state index in [0.717, 1.165) is 134 Å². The Morgan fingerprint density at radius 3 is 1.08 bits per heavy atom. The van der Waals surface area contributed by atoms with Crippen LogP contribution in [0.25, 0.3) is 21.5 Å². The Morgan fingerprint density at radius 2 is 0.776 bits per heavy atom. The maximum absolute atomic E-state index is 11.7. The first-order valence-electron chi connectivity index (χ1n) is 18.0. The zero-order valence-corrected chi connectivity index (χ0v) is 33.9. The molecule has 0 aromatic heterocycles. The van der Waals surface area contributed by atoms with Crippen LogP contribution in [0.4, 0.5) is 0 Å². The minimum Gasteiger partial charge on any atom is -0.744 e. The normalized spacial score (nSPS) is 11.7. The van der Waals surface area contributed by atoms with E-state index in [-0.39, 0.29) is 47.5 Å². The number of hydrogen-bond donors (Lipinski definition) is 0. The van der Waals surface area contributed by atoms with Crippen LogP contribution < -0.4 is 0 Å². The van der Waals surface area contributed by atoms with E-state index in [0.29, 0.717) is 12.8 Å². The van der Waals surface area contributed by atoms with Crippen molar-refractivity contribution in [3.05, 3.63) is 82.9 Å². The van der Waals surface area contributed by atoms with Crippen LogP contribution >= 0.6 is 0 Å². The molecule has 0 aliphatic heterocycles. The second kappa shape index (κ2) is 21.8. The van der Waals surface area contributed by atoms with Crippen molar-refractivity contribution in [1.82, 2.24) is 0 Å². The summed E-state index contributed by atoms with van der Waals surface area (Å²) in [6, 6.07) is 18.7. The molecule has 0 bridgehead atoms. The van der Waals surface area contributed by atoms with E-state index >= 15 is 0 Å². The summed E-state index contributed by atoms with van der Waals surface area (Å²) < 4.78 is 70.5. The number of hydrogen-bond acceptors (Lipinski definition) is 6. The molecule has 4 aromatic rings. The number of rotatable bonds is 18. The fourth-order valence-corrected chi connectivity index (χ4v) is 8.13. The van der Waals surface area contributed by atoms with Crippen molar-refractivity contribution in [2.75, 3.05) is 0 Å². The van der Waals surface area contributed by atoms with Crippen molar-refractivity contribution in [3.63, 3.8) is 0 Å². The van der Waals surface area contributed by atoms with E-state index in [4.69, 9.17) is 0 Å². The molecule has 0 amide bonds. The average Bonchev–Trinajstić information content (AvgIpc) is 3.04. The van der Waals surface area contributed by atoms with Gasteiger partial charge in [-0.1, -0.05) is 128 Å². The quantitative estimate of drug-likeness (QED) is 0.0571. The summed E-state index contributed by atoms with van der Waals surface area (Å²) in [6.45, 7) is 8.57. The van der Waals surface area contributed by atoms with Crippen molar-refractivity contribution in [2.24, 2.45) is 0 Å². The zero-order valence-electron chi connectivity index (χ0n) is 30.1. The van der Waals surface area contributed by atoms with E-state index in [9.17, 15) is 25.9 Å². The molecule has 0 aliphatic rings. The smallest absolute Gasteiger partial charge is 0.744 e. The summed E-state index contributed by atoms with van der Waals surface area (Å²) in [4.78, 5) is -0.0666. The van der Waals surface area contributed by atoms with Crippen LogP contribution in [0, 0.1) is 0 Å². The number of aryl methyl sites for hydroxylation is 4. The van der Waals surface area contributed by atoms with Crippen LogP contribution in [-0.2, 0) is 45.9 Å². The first kappa shape index (κ1) is 43.6. The Balaban J connectivity index is 0.000000333. The molecule has 0 radical (unpaired) electrons.